The van der Waals surface area contributed by atoms with Crippen molar-refractivity contribution in [1.29, 1.82) is 0 Å². The molecule has 2 aliphatic rings. The fourth-order valence-electron chi connectivity index (χ4n) is 10.9. The standard InChI is InChI=1S/C68H92N6O16/c1-13-14-26-51-63(80)70-50(38-44-29-30-45-22-15-16-23-46(45)37-44)64(81)73(9)53(41-89-67(2,3)4)62(79)69-40-57(75)71(7)35-19-18-28-59(77)88-43-68(5,6)61(78)65(82)74-36-20-17-27-52(74)66(83)90-54(47-24-21-25-48(39-47)87-42-58(76)72(51)8)32-31-49-55(84-10)33-34-56(85-11)60(49)86-12/h15-16,21-25,29-30,33-34,37,39,50-54H,13-14,17-20,26-28,31-32,35-36,38,40-43H2,1-12H3,(H,69,79)(H,70,80)/t50-,51-,52-,53-,54+/m0/s1. The van der Waals surface area contributed by atoms with Crippen LogP contribution in [0.1, 0.15) is 129 Å². The van der Waals surface area contributed by atoms with Gasteiger partial charge in [0.15, 0.2) is 18.1 Å². The Bertz CT molecular complexity index is 3180. The number of Topliss-reactive ketones (excluding diaryl/α,β-unsaturated/α-hetero) is 1. The Morgan fingerprint density at radius 3 is 2.12 bits per heavy atom. The SMILES string of the molecule is CCCC[C@H]1C(=O)N[C@@H](Cc2ccc3ccccc3c2)C(=O)N(C)[C@@H](COC(C)(C)C)C(=O)NCC(=O)N(C)CCCCC(=O)OCC(C)(C)C(=O)C(=O)N2CCCC[C@H]2C(=O)O[C@H](CCc2c(OC)ccc(OC)c2OC)c2cccc(c2)OCC(=O)N1C. The van der Waals surface area contributed by atoms with E-state index in [1.54, 1.807) is 64.2 Å². The van der Waals surface area contributed by atoms with Crippen LogP contribution >= 0.6 is 0 Å². The minimum absolute atomic E-state index is 0.00153. The van der Waals surface area contributed by atoms with Gasteiger partial charge in [-0.05, 0) is 132 Å². The molecule has 0 aromatic heterocycles. The number of fused-ring (bicyclic) bond motifs is 4. The first kappa shape index (κ1) is 70.8. The van der Waals surface area contributed by atoms with Gasteiger partial charge in [0.1, 0.15) is 48.4 Å². The van der Waals surface area contributed by atoms with Crippen LogP contribution in [0.15, 0.2) is 78.9 Å². The van der Waals surface area contributed by atoms with Gasteiger partial charge in [-0.1, -0.05) is 74.4 Å². The van der Waals surface area contributed by atoms with Gasteiger partial charge in [0.05, 0.1) is 45.5 Å². The Labute approximate surface area is 528 Å². The lowest BCUT2D eigenvalue weighted by molar-refractivity contribution is -0.165. The number of methoxy groups -OCH3 is 3. The second kappa shape index (κ2) is 33.0. The maximum absolute atomic E-state index is 15.1. The molecule has 0 aliphatic carbocycles. The van der Waals surface area contributed by atoms with Gasteiger partial charge in [-0.3, -0.25) is 38.4 Å². The van der Waals surface area contributed by atoms with Gasteiger partial charge in [0, 0.05) is 52.6 Å². The van der Waals surface area contributed by atoms with Crippen molar-refractivity contribution in [2.45, 2.75) is 154 Å². The molecule has 6 amide bonds. The van der Waals surface area contributed by atoms with Gasteiger partial charge < -0.3 is 63.4 Å². The predicted molar refractivity (Wildman–Crippen MR) is 337 cm³/mol. The molecule has 2 N–H and O–H groups in total. The van der Waals surface area contributed by atoms with E-state index in [0.29, 0.717) is 72.5 Å². The molecule has 22 nitrogen and oxygen atoms in total. The summed E-state index contributed by atoms with van der Waals surface area (Å²) in [6.45, 7) is 8.96. The van der Waals surface area contributed by atoms with Crippen molar-refractivity contribution >= 4 is 63.9 Å². The lowest BCUT2D eigenvalue weighted by Gasteiger charge is -2.36. The van der Waals surface area contributed by atoms with Gasteiger partial charge in [-0.15, -0.1) is 0 Å². The summed E-state index contributed by atoms with van der Waals surface area (Å²) in [7, 11) is 9.01. The van der Waals surface area contributed by atoms with Crippen molar-refractivity contribution < 1.29 is 76.3 Å². The van der Waals surface area contributed by atoms with Crippen molar-refractivity contribution in [2.75, 3.05) is 81.9 Å². The number of nitrogens with zero attached hydrogens (tertiary/aromatic N) is 4. The second-order valence-corrected chi connectivity index (χ2v) is 24.7. The summed E-state index contributed by atoms with van der Waals surface area (Å²) in [4.78, 5) is 133. The quantitative estimate of drug-likeness (QED) is 0.0997. The molecule has 1 fully saturated rings. The van der Waals surface area contributed by atoms with E-state index >= 15 is 4.79 Å². The number of hydrogen-bond acceptors (Lipinski definition) is 16. The highest BCUT2D eigenvalue weighted by atomic mass is 16.5. The molecule has 90 heavy (non-hydrogen) atoms. The monoisotopic (exact) mass is 1250 g/mol. The summed E-state index contributed by atoms with van der Waals surface area (Å²) in [6, 6.07) is 18.7. The number of rotatable bonds is 13. The molecule has 4 aromatic carbocycles. The van der Waals surface area contributed by atoms with Gasteiger partial charge in [0.2, 0.25) is 29.4 Å². The highest BCUT2D eigenvalue weighted by Crippen LogP contribution is 2.40. The topological polar surface area (TPSA) is 255 Å². The summed E-state index contributed by atoms with van der Waals surface area (Å²) in [5, 5.41) is 7.52. The van der Waals surface area contributed by atoms with E-state index < -0.39 is 114 Å². The highest BCUT2D eigenvalue weighted by Gasteiger charge is 2.43. The lowest BCUT2D eigenvalue weighted by atomic mass is 9.87. The van der Waals surface area contributed by atoms with Crippen molar-refractivity contribution in [3.8, 4) is 23.0 Å². The molecule has 22 heteroatoms. The predicted octanol–water partition coefficient (Wildman–Crippen LogP) is 7.13. The molecule has 0 spiro atoms. The first-order valence-corrected chi connectivity index (χ1v) is 31.0. The van der Waals surface area contributed by atoms with Crippen molar-refractivity contribution in [3.63, 3.8) is 0 Å². The van der Waals surface area contributed by atoms with Crippen LogP contribution in [0, 0.1) is 5.41 Å². The molecule has 490 valence electrons. The minimum atomic E-state index is -1.48. The number of ketones is 1. The first-order chi connectivity index (χ1) is 42.8. The van der Waals surface area contributed by atoms with E-state index in [0.717, 1.165) is 10.8 Å². The lowest BCUT2D eigenvalue weighted by Crippen LogP contribution is -2.59. The average molecular weight is 1250 g/mol. The second-order valence-electron chi connectivity index (χ2n) is 24.7. The Morgan fingerprint density at radius 1 is 0.711 bits per heavy atom. The third-order valence-electron chi connectivity index (χ3n) is 16.4. The number of nitrogens with one attached hydrogen (secondary N) is 2. The third kappa shape index (κ3) is 19.4. The zero-order chi connectivity index (χ0) is 65.9. The number of cyclic esters (lactones) is 2. The minimum Gasteiger partial charge on any atom is -0.496 e. The summed E-state index contributed by atoms with van der Waals surface area (Å²) < 4.78 is 41.4. The van der Waals surface area contributed by atoms with E-state index in [4.69, 9.17) is 33.2 Å². The number of ether oxygens (including phenoxy) is 7. The fourth-order valence-corrected chi connectivity index (χ4v) is 10.9. The number of carbonyl (C=O) groups excluding carboxylic acids is 9. The van der Waals surface area contributed by atoms with Crippen LogP contribution in [0.5, 0.6) is 23.0 Å². The normalized spacial score (nSPS) is 21.5. The van der Waals surface area contributed by atoms with Gasteiger partial charge in [-0.2, -0.15) is 0 Å². The van der Waals surface area contributed by atoms with E-state index in [9.17, 15) is 38.4 Å². The van der Waals surface area contributed by atoms with Crippen LogP contribution in [0.3, 0.4) is 0 Å². The number of esters is 2. The van der Waals surface area contributed by atoms with Crippen LogP contribution in [0.4, 0.5) is 0 Å². The van der Waals surface area contributed by atoms with E-state index in [-0.39, 0.29) is 64.0 Å². The van der Waals surface area contributed by atoms with Gasteiger partial charge >= 0.3 is 11.9 Å². The molecule has 2 bridgehead atoms. The number of unbranched alkanes of at least 4 members (excludes halogenated alkanes) is 1. The summed E-state index contributed by atoms with van der Waals surface area (Å²) >= 11 is 0. The Hall–Kier alpha value is -8.27. The largest absolute Gasteiger partial charge is 0.496 e. The highest BCUT2D eigenvalue weighted by molar-refractivity contribution is 6.38. The van der Waals surface area contributed by atoms with Gasteiger partial charge in [0.25, 0.3) is 11.8 Å². The van der Waals surface area contributed by atoms with Crippen LogP contribution in [0.25, 0.3) is 10.8 Å². The number of piperidine rings is 1. The molecule has 0 radical (unpaired) electrons. The number of carbonyl (C=O) groups is 9. The Morgan fingerprint density at radius 2 is 1.42 bits per heavy atom. The third-order valence-corrected chi connectivity index (χ3v) is 16.4. The molecule has 6 rings (SSSR count). The Balaban J connectivity index is 1.36. The molecule has 2 aliphatic heterocycles. The summed E-state index contributed by atoms with van der Waals surface area (Å²) in [6.07, 6.45) is 2.65. The molecule has 1 saturated heterocycles. The van der Waals surface area contributed by atoms with Crippen LogP contribution in [0.2, 0.25) is 0 Å². The summed E-state index contributed by atoms with van der Waals surface area (Å²) in [5.41, 5.74) is -0.446. The average Bonchev–Trinajstić information content (AvgIpc) is 1.59. The Kier molecular flexibility index (Phi) is 26.0. The van der Waals surface area contributed by atoms with E-state index in [2.05, 4.69) is 10.6 Å². The first-order valence-electron chi connectivity index (χ1n) is 31.0. The molecular formula is C68H92N6O16. The van der Waals surface area contributed by atoms with Crippen LogP contribution in [-0.2, 0) is 70.2 Å². The molecule has 0 saturated carbocycles. The van der Waals surface area contributed by atoms with Crippen LogP contribution < -0.4 is 29.6 Å². The molecular weight excluding hydrogens is 1160 g/mol. The van der Waals surface area contributed by atoms with Crippen molar-refractivity contribution in [1.82, 2.24) is 30.2 Å². The maximum atomic E-state index is 15.1. The zero-order valence-corrected chi connectivity index (χ0v) is 54.4. The van der Waals surface area contributed by atoms with Crippen LogP contribution in [-0.4, -0.2) is 184 Å². The summed E-state index contributed by atoms with van der Waals surface area (Å²) in [5.74, 6) is -4.58. The molecule has 2 heterocycles. The smallest absolute Gasteiger partial charge is 0.329 e. The number of likely N-dealkylation sites (N-methyl/N-ethyl adjacent to an activating group) is 3. The zero-order valence-electron chi connectivity index (χ0n) is 54.4. The molecule has 0 unspecified atom stereocenters. The number of benzene rings is 4. The van der Waals surface area contributed by atoms with Gasteiger partial charge in [-0.25, -0.2) is 4.79 Å². The van der Waals surface area contributed by atoms with Crippen molar-refractivity contribution in [3.05, 3.63) is 95.6 Å². The fraction of sp³-hybridized carbons (Fsp3) is 0.544. The van der Waals surface area contributed by atoms with Crippen molar-refractivity contribution in [2.24, 2.45) is 5.41 Å². The number of amides is 6. The molecule has 5 atom stereocenters. The maximum Gasteiger partial charge on any atom is 0.329 e. The molecule has 4 aromatic rings. The number of hydrogen-bond donors (Lipinski definition) is 2. The van der Waals surface area contributed by atoms with E-state index in [1.807, 2.05) is 49.4 Å². The van der Waals surface area contributed by atoms with E-state index in [1.165, 1.54) is 68.9 Å².